The van der Waals surface area contributed by atoms with Crippen molar-refractivity contribution in [2.45, 2.75) is 19.1 Å². The standard InChI is InChI=1S/C14H20FNO2S/c1-3-16-14(13-9-19-7-6-18-13)11-8-10(15)4-5-12(11)17-2/h4-5,8,13-14,16H,3,6-7,9H2,1-2H3. The predicted octanol–water partition coefficient (Wildman–Crippen LogP) is 2.62. The lowest BCUT2D eigenvalue weighted by molar-refractivity contribution is 0.0465. The largest absolute Gasteiger partial charge is 0.496 e. The van der Waals surface area contributed by atoms with E-state index < -0.39 is 0 Å². The first-order valence-corrected chi connectivity index (χ1v) is 7.68. The lowest BCUT2D eigenvalue weighted by atomic mass is 10.0. The second-order valence-corrected chi connectivity index (χ2v) is 5.56. The van der Waals surface area contributed by atoms with Crippen LogP contribution in [0.25, 0.3) is 0 Å². The Bertz CT molecular complexity index is 410. The second kappa shape index (κ2) is 7.12. The maximum atomic E-state index is 13.5. The molecule has 1 fully saturated rings. The van der Waals surface area contributed by atoms with Gasteiger partial charge < -0.3 is 14.8 Å². The zero-order valence-corrected chi connectivity index (χ0v) is 12.1. The predicted molar refractivity (Wildman–Crippen MR) is 76.4 cm³/mol. The van der Waals surface area contributed by atoms with Crippen molar-refractivity contribution < 1.29 is 13.9 Å². The Morgan fingerprint density at radius 3 is 3.05 bits per heavy atom. The third kappa shape index (κ3) is 3.61. The van der Waals surface area contributed by atoms with Crippen LogP contribution in [-0.4, -0.2) is 37.9 Å². The molecule has 3 nitrogen and oxygen atoms in total. The van der Waals surface area contributed by atoms with Gasteiger partial charge in [0.05, 0.1) is 25.9 Å². The third-order valence-corrected chi connectivity index (χ3v) is 4.18. The van der Waals surface area contributed by atoms with Crippen molar-refractivity contribution in [2.75, 3.05) is 31.8 Å². The van der Waals surface area contributed by atoms with E-state index in [4.69, 9.17) is 9.47 Å². The number of thioether (sulfide) groups is 1. The van der Waals surface area contributed by atoms with Gasteiger partial charge >= 0.3 is 0 Å². The number of methoxy groups -OCH3 is 1. The molecule has 1 aliphatic rings. The van der Waals surface area contributed by atoms with Gasteiger partial charge in [-0.05, 0) is 24.7 Å². The molecule has 1 N–H and O–H groups in total. The molecule has 0 spiro atoms. The molecule has 1 saturated heterocycles. The van der Waals surface area contributed by atoms with E-state index in [0.29, 0.717) is 5.75 Å². The summed E-state index contributed by atoms with van der Waals surface area (Å²) in [7, 11) is 1.61. The molecular weight excluding hydrogens is 265 g/mol. The fourth-order valence-corrected chi connectivity index (χ4v) is 3.21. The fraction of sp³-hybridized carbons (Fsp3) is 0.571. The minimum atomic E-state index is -0.248. The Labute approximate surface area is 117 Å². The van der Waals surface area contributed by atoms with Crippen molar-refractivity contribution in [3.05, 3.63) is 29.6 Å². The molecule has 0 saturated carbocycles. The number of hydrogen-bond donors (Lipinski definition) is 1. The molecule has 2 rings (SSSR count). The number of benzene rings is 1. The van der Waals surface area contributed by atoms with Crippen LogP contribution in [0.2, 0.25) is 0 Å². The molecule has 2 atom stereocenters. The molecule has 0 bridgehead atoms. The van der Waals surface area contributed by atoms with E-state index >= 15 is 0 Å². The summed E-state index contributed by atoms with van der Waals surface area (Å²) in [6, 6.07) is 4.59. The normalized spacial score (nSPS) is 21.1. The van der Waals surface area contributed by atoms with Gasteiger partial charge in [0.1, 0.15) is 11.6 Å². The maximum Gasteiger partial charge on any atom is 0.123 e. The van der Waals surface area contributed by atoms with E-state index in [9.17, 15) is 4.39 Å². The van der Waals surface area contributed by atoms with Gasteiger partial charge in [-0.25, -0.2) is 4.39 Å². The Kier molecular flexibility index (Phi) is 5.48. The molecule has 2 unspecified atom stereocenters. The molecule has 0 amide bonds. The number of halogens is 1. The van der Waals surface area contributed by atoms with Crippen molar-refractivity contribution in [1.29, 1.82) is 0 Å². The van der Waals surface area contributed by atoms with Crippen LogP contribution in [0.1, 0.15) is 18.5 Å². The highest BCUT2D eigenvalue weighted by Crippen LogP contribution is 2.32. The summed E-state index contributed by atoms with van der Waals surface area (Å²) >= 11 is 1.87. The van der Waals surface area contributed by atoms with Crippen LogP contribution in [0.3, 0.4) is 0 Å². The van der Waals surface area contributed by atoms with Gasteiger partial charge in [0.2, 0.25) is 0 Å². The van der Waals surface area contributed by atoms with Crippen LogP contribution < -0.4 is 10.1 Å². The average Bonchev–Trinajstić information content (AvgIpc) is 2.45. The summed E-state index contributed by atoms with van der Waals surface area (Å²) in [5, 5.41) is 3.39. The quantitative estimate of drug-likeness (QED) is 0.901. The first-order valence-electron chi connectivity index (χ1n) is 6.52. The first kappa shape index (κ1) is 14.6. The minimum absolute atomic E-state index is 0.0385. The molecule has 106 valence electrons. The average molecular weight is 285 g/mol. The fourth-order valence-electron chi connectivity index (χ4n) is 2.31. The monoisotopic (exact) mass is 285 g/mol. The van der Waals surface area contributed by atoms with E-state index in [2.05, 4.69) is 5.32 Å². The van der Waals surface area contributed by atoms with Crippen LogP contribution >= 0.6 is 11.8 Å². The SMILES string of the molecule is CCNC(c1cc(F)ccc1OC)C1CSCCO1. The molecule has 1 aromatic rings. The highest BCUT2D eigenvalue weighted by atomic mass is 32.2. The van der Waals surface area contributed by atoms with Gasteiger partial charge in [-0.2, -0.15) is 11.8 Å². The number of hydrogen-bond acceptors (Lipinski definition) is 4. The number of ether oxygens (including phenoxy) is 2. The van der Waals surface area contributed by atoms with Crippen molar-refractivity contribution in [2.24, 2.45) is 0 Å². The van der Waals surface area contributed by atoms with Crippen LogP contribution in [0.4, 0.5) is 4.39 Å². The van der Waals surface area contributed by atoms with Crippen LogP contribution in [0.5, 0.6) is 5.75 Å². The van der Waals surface area contributed by atoms with Gasteiger partial charge in [0.25, 0.3) is 0 Å². The van der Waals surface area contributed by atoms with Gasteiger partial charge in [-0.3, -0.25) is 0 Å². The van der Waals surface area contributed by atoms with E-state index in [1.807, 2.05) is 18.7 Å². The maximum absolute atomic E-state index is 13.5. The summed E-state index contributed by atoms with van der Waals surface area (Å²) in [6.45, 7) is 3.58. The first-order chi connectivity index (χ1) is 9.26. The summed E-state index contributed by atoms with van der Waals surface area (Å²) in [5.41, 5.74) is 0.830. The van der Waals surface area contributed by atoms with E-state index in [-0.39, 0.29) is 18.0 Å². The van der Waals surface area contributed by atoms with Crippen LogP contribution in [0, 0.1) is 5.82 Å². The van der Waals surface area contributed by atoms with Crippen molar-refractivity contribution in [3.8, 4) is 5.75 Å². The van der Waals surface area contributed by atoms with Gasteiger partial charge in [0, 0.05) is 17.1 Å². The van der Waals surface area contributed by atoms with Crippen LogP contribution in [-0.2, 0) is 4.74 Å². The number of nitrogens with one attached hydrogen (secondary N) is 1. The van der Waals surface area contributed by atoms with Gasteiger partial charge in [0.15, 0.2) is 0 Å². The Morgan fingerprint density at radius 2 is 2.42 bits per heavy atom. The second-order valence-electron chi connectivity index (χ2n) is 4.41. The highest BCUT2D eigenvalue weighted by molar-refractivity contribution is 7.99. The number of likely N-dealkylation sites (N-methyl/N-ethyl adjacent to an activating group) is 1. The van der Waals surface area contributed by atoms with E-state index in [1.54, 1.807) is 13.2 Å². The zero-order valence-electron chi connectivity index (χ0n) is 11.3. The lowest BCUT2D eigenvalue weighted by Gasteiger charge is -2.31. The van der Waals surface area contributed by atoms with Crippen molar-refractivity contribution >= 4 is 11.8 Å². The van der Waals surface area contributed by atoms with Crippen molar-refractivity contribution in [3.63, 3.8) is 0 Å². The summed E-state index contributed by atoms with van der Waals surface area (Å²) in [6.07, 6.45) is 0.0504. The molecular formula is C14H20FNO2S. The highest BCUT2D eigenvalue weighted by Gasteiger charge is 2.28. The number of rotatable bonds is 5. The summed E-state index contributed by atoms with van der Waals surface area (Å²) < 4.78 is 24.7. The molecule has 0 aromatic heterocycles. The Hall–Kier alpha value is -0.780. The Morgan fingerprint density at radius 1 is 1.58 bits per heavy atom. The molecule has 1 heterocycles. The molecule has 19 heavy (non-hydrogen) atoms. The van der Waals surface area contributed by atoms with Crippen molar-refractivity contribution in [1.82, 2.24) is 5.32 Å². The van der Waals surface area contributed by atoms with E-state index in [1.165, 1.54) is 12.1 Å². The summed E-state index contributed by atoms with van der Waals surface area (Å²) in [4.78, 5) is 0. The smallest absolute Gasteiger partial charge is 0.123 e. The molecule has 1 aromatic carbocycles. The summed E-state index contributed by atoms with van der Waals surface area (Å²) in [5.74, 6) is 2.39. The lowest BCUT2D eigenvalue weighted by Crippen LogP contribution is -2.38. The zero-order chi connectivity index (χ0) is 13.7. The van der Waals surface area contributed by atoms with Crippen LogP contribution in [0.15, 0.2) is 18.2 Å². The molecule has 0 aliphatic carbocycles. The molecule has 0 radical (unpaired) electrons. The van der Waals surface area contributed by atoms with Gasteiger partial charge in [-0.1, -0.05) is 6.92 Å². The molecule has 5 heteroatoms. The van der Waals surface area contributed by atoms with Gasteiger partial charge in [-0.15, -0.1) is 0 Å². The Balaban J connectivity index is 2.28. The van der Waals surface area contributed by atoms with E-state index in [0.717, 1.165) is 30.2 Å². The topological polar surface area (TPSA) is 30.5 Å². The minimum Gasteiger partial charge on any atom is -0.496 e. The third-order valence-electron chi connectivity index (χ3n) is 3.16. The molecule has 1 aliphatic heterocycles.